The van der Waals surface area contributed by atoms with E-state index in [1.165, 1.54) is 11.3 Å². The van der Waals surface area contributed by atoms with Crippen LogP contribution in [0.3, 0.4) is 0 Å². The van der Waals surface area contributed by atoms with Gasteiger partial charge >= 0.3 is 6.03 Å². The molecule has 0 bridgehead atoms. The molecule has 8 heteroatoms. The molecule has 1 aromatic carbocycles. The molecule has 2 N–H and O–H groups in total. The van der Waals surface area contributed by atoms with Crippen LogP contribution in [0.15, 0.2) is 24.3 Å². The molecule has 1 aliphatic rings. The second kappa shape index (κ2) is 7.18. The van der Waals surface area contributed by atoms with Gasteiger partial charge in [0.1, 0.15) is 11.0 Å². The van der Waals surface area contributed by atoms with E-state index >= 15 is 0 Å². The van der Waals surface area contributed by atoms with E-state index in [9.17, 15) is 9.59 Å². The summed E-state index contributed by atoms with van der Waals surface area (Å²) in [6.45, 7) is 6.17. The van der Waals surface area contributed by atoms with Crippen molar-refractivity contribution in [2.45, 2.75) is 39.8 Å². The molecule has 2 heterocycles. The Morgan fingerprint density at radius 2 is 2.20 bits per heavy atom. The van der Waals surface area contributed by atoms with E-state index in [2.05, 4.69) is 20.8 Å². The Bertz CT molecular complexity index is 791. The lowest BCUT2D eigenvalue weighted by Crippen LogP contribution is -2.50. The van der Waals surface area contributed by atoms with Gasteiger partial charge in [-0.05, 0) is 24.5 Å². The van der Waals surface area contributed by atoms with Crippen molar-refractivity contribution in [3.63, 3.8) is 0 Å². The summed E-state index contributed by atoms with van der Waals surface area (Å²) in [4.78, 5) is 27.3. The van der Waals surface area contributed by atoms with Gasteiger partial charge in [-0.2, -0.15) is 0 Å². The molecule has 3 rings (SSSR count). The summed E-state index contributed by atoms with van der Waals surface area (Å²) in [6, 6.07) is 6.66. The van der Waals surface area contributed by atoms with Crippen LogP contribution in [0.4, 0.5) is 15.6 Å². The van der Waals surface area contributed by atoms with Gasteiger partial charge in [0.05, 0.1) is 6.54 Å². The van der Waals surface area contributed by atoms with Gasteiger partial charge in [0, 0.05) is 5.69 Å². The van der Waals surface area contributed by atoms with Gasteiger partial charge in [-0.25, -0.2) is 4.79 Å². The molecule has 2 unspecified atom stereocenters. The Kier molecular flexibility index (Phi) is 4.98. The smallest absolute Gasteiger partial charge is 0.324 e. The monoisotopic (exact) mass is 359 g/mol. The van der Waals surface area contributed by atoms with Gasteiger partial charge in [-0.15, -0.1) is 10.2 Å². The summed E-state index contributed by atoms with van der Waals surface area (Å²) in [7, 11) is 0. The van der Waals surface area contributed by atoms with Crippen LogP contribution in [0.1, 0.15) is 30.8 Å². The highest BCUT2D eigenvalue weighted by Crippen LogP contribution is 2.28. The topological polar surface area (TPSA) is 87.2 Å². The fourth-order valence-corrected chi connectivity index (χ4v) is 3.49. The average Bonchev–Trinajstić information content (AvgIpc) is 2.92. The molecule has 0 saturated carbocycles. The minimum Gasteiger partial charge on any atom is -0.324 e. The minimum absolute atomic E-state index is 0.0243. The molecule has 0 fully saturated rings. The van der Waals surface area contributed by atoms with Gasteiger partial charge in [0.15, 0.2) is 0 Å². The summed E-state index contributed by atoms with van der Waals surface area (Å²) >= 11 is 1.31. The van der Waals surface area contributed by atoms with E-state index in [0.29, 0.717) is 11.7 Å². The number of aryl methyl sites for hydroxylation is 1. The van der Waals surface area contributed by atoms with Crippen molar-refractivity contribution in [2.75, 3.05) is 10.6 Å². The third-order valence-electron chi connectivity index (χ3n) is 4.40. The SMILES string of the molecule is CCC(C)C1C(=O)Nc2ccccc2CN1C(=O)Nc1nnc(C)s1. The molecule has 2 atom stereocenters. The largest absolute Gasteiger partial charge is 0.324 e. The van der Waals surface area contributed by atoms with Crippen LogP contribution in [0.25, 0.3) is 0 Å². The number of fused-ring (bicyclic) bond motifs is 1. The van der Waals surface area contributed by atoms with Gasteiger partial charge in [-0.1, -0.05) is 49.8 Å². The van der Waals surface area contributed by atoms with E-state index in [4.69, 9.17) is 0 Å². The highest BCUT2D eigenvalue weighted by atomic mass is 32.1. The van der Waals surface area contributed by atoms with E-state index < -0.39 is 6.04 Å². The van der Waals surface area contributed by atoms with Gasteiger partial charge < -0.3 is 10.2 Å². The molecule has 3 amide bonds. The lowest BCUT2D eigenvalue weighted by atomic mass is 9.97. The second-order valence-electron chi connectivity index (χ2n) is 6.16. The van der Waals surface area contributed by atoms with Crippen LogP contribution in [0, 0.1) is 12.8 Å². The second-order valence-corrected chi connectivity index (χ2v) is 7.34. The van der Waals surface area contributed by atoms with E-state index in [-0.39, 0.29) is 17.9 Å². The first-order chi connectivity index (χ1) is 12.0. The lowest BCUT2D eigenvalue weighted by Gasteiger charge is -2.32. The number of hydrogen-bond acceptors (Lipinski definition) is 5. The number of para-hydroxylation sites is 1. The van der Waals surface area contributed by atoms with Crippen molar-refractivity contribution in [3.05, 3.63) is 34.8 Å². The lowest BCUT2D eigenvalue weighted by molar-refractivity contribution is -0.121. The third kappa shape index (κ3) is 3.63. The molecular formula is C17H21N5O2S. The average molecular weight is 359 g/mol. The maximum atomic E-state index is 12.9. The van der Waals surface area contributed by atoms with Crippen LogP contribution in [0.2, 0.25) is 0 Å². The van der Waals surface area contributed by atoms with Gasteiger partial charge in [0.2, 0.25) is 11.0 Å². The van der Waals surface area contributed by atoms with E-state index in [1.54, 1.807) is 4.90 Å². The highest BCUT2D eigenvalue weighted by molar-refractivity contribution is 7.15. The standard InChI is InChI=1S/C17H21N5O2S/c1-4-10(2)14-15(23)18-13-8-6-5-7-12(13)9-22(14)17(24)19-16-21-20-11(3)25-16/h5-8,10,14H,4,9H2,1-3H3,(H,18,23)(H,19,21,24). The number of amides is 3. The molecule has 7 nitrogen and oxygen atoms in total. The van der Waals surface area contributed by atoms with Gasteiger partial charge in [-0.3, -0.25) is 10.1 Å². The van der Waals surface area contributed by atoms with Crippen LogP contribution < -0.4 is 10.6 Å². The molecule has 0 radical (unpaired) electrons. The Hall–Kier alpha value is -2.48. The number of aromatic nitrogens is 2. The maximum absolute atomic E-state index is 12.9. The third-order valence-corrected chi connectivity index (χ3v) is 5.16. The first-order valence-electron chi connectivity index (χ1n) is 8.26. The number of carbonyl (C=O) groups is 2. The zero-order valence-corrected chi connectivity index (χ0v) is 15.3. The van der Waals surface area contributed by atoms with Crippen molar-refractivity contribution in [1.82, 2.24) is 15.1 Å². The Balaban J connectivity index is 1.93. The Labute approximate surface area is 150 Å². The van der Waals surface area contributed by atoms with Crippen LogP contribution in [-0.2, 0) is 11.3 Å². The predicted octanol–water partition coefficient (Wildman–Crippen LogP) is 3.25. The number of nitrogens with zero attached hydrogens (tertiary/aromatic N) is 3. The molecular weight excluding hydrogens is 338 g/mol. The number of benzene rings is 1. The number of urea groups is 1. The van der Waals surface area contributed by atoms with E-state index in [0.717, 1.165) is 22.7 Å². The Morgan fingerprint density at radius 1 is 1.44 bits per heavy atom. The zero-order chi connectivity index (χ0) is 18.0. The van der Waals surface area contributed by atoms with E-state index in [1.807, 2.05) is 45.0 Å². The fraction of sp³-hybridized carbons (Fsp3) is 0.412. The molecule has 2 aromatic rings. The van der Waals surface area contributed by atoms with Gasteiger partial charge in [0.25, 0.3) is 0 Å². The molecule has 132 valence electrons. The van der Waals surface area contributed by atoms with Crippen molar-refractivity contribution >= 4 is 34.1 Å². The predicted molar refractivity (Wildman–Crippen MR) is 97.5 cm³/mol. The summed E-state index contributed by atoms with van der Waals surface area (Å²) in [5.41, 5.74) is 1.66. The summed E-state index contributed by atoms with van der Waals surface area (Å²) in [5.74, 6) is -0.140. The summed E-state index contributed by atoms with van der Waals surface area (Å²) in [6.07, 6.45) is 0.788. The number of rotatable bonds is 3. The Morgan fingerprint density at radius 3 is 2.88 bits per heavy atom. The van der Waals surface area contributed by atoms with Crippen LogP contribution >= 0.6 is 11.3 Å². The number of anilines is 2. The molecule has 1 aromatic heterocycles. The van der Waals surface area contributed by atoms with Crippen molar-refractivity contribution in [3.8, 4) is 0 Å². The normalized spacial score (nSPS) is 18.1. The fourth-order valence-electron chi connectivity index (χ4n) is 2.91. The molecule has 1 aliphatic heterocycles. The maximum Gasteiger partial charge on any atom is 0.324 e. The zero-order valence-electron chi connectivity index (χ0n) is 14.4. The molecule has 0 spiro atoms. The summed E-state index contributed by atoms with van der Waals surface area (Å²) in [5, 5.41) is 14.8. The first-order valence-corrected chi connectivity index (χ1v) is 9.07. The van der Waals surface area contributed by atoms with Crippen molar-refractivity contribution in [2.24, 2.45) is 5.92 Å². The molecule has 0 saturated heterocycles. The highest BCUT2D eigenvalue weighted by Gasteiger charge is 2.36. The van der Waals surface area contributed by atoms with Crippen LogP contribution in [0.5, 0.6) is 0 Å². The number of carbonyl (C=O) groups excluding carboxylic acids is 2. The summed E-state index contributed by atoms with van der Waals surface area (Å²) < 4.78 is 0. The number of nitrogens with one attached hydrogen (secondary N) is 2. The molecule has 25 heavy (non-hydrogen) atoms. The van der Waals surface area contributed by atoms with Crippen molar-refractivity contribution in [1.29, 1.82) is 0 Å². The quantitative estimate of drug-likeness (QED) is 0.881. The van der Waals surface area contributed by atoms with Crippen LogP contribution in [-0.4, -0.2) is 33.1 Å². The molecule has 0 aliphatic carbocycles. The van der Waals surface area contributed by atoms with Crippen molar-refractivity contribution < 1.29 is 9.59 Å². The minimum atomic E-state index is -0.550. The number of hydrogen-bond donors (Lipinski definition) is 2. The first kappa shape index (κ1) is 17.3.